The van der Waals surface area contributed by atoms with Crippen LogP contribution in [0.3, 0.4) is 0 Å². The molecule has 0 aliphatic heterocycles. The van der Waals surface area contributed by atoms with E-state index in [1.165, 1.54) is 0 Å². The summed E-state index contributed by atoms with van der Waals surface area (Å²) in [5.41, 5.74) is 0. The van der Waals surface area contributed by atoms with Gasteiger partial charge in [-0.1, -0.05) is 13.8 Å². The molecule has 0 aromatic carbocycles. The fourth-order valence-electron chi connectivity index (χ4n) is 2.49. The lowest BCUT2D eigenvalue weighted by molar-refractivity contribution is -0.122. The molecule has 4 N–H and O–H groups in total. The Morgan fingerprint density at radius 1 is 1.11 bits per heavy atom. The first-order valence-electron chi connectivity index (χ1n) is 9.69. The number of carbonyl (C=O) groups excluding carboxylic acids is 2. The van der Waals surface area contributed by atoms with Gasteiger partial charge >= 0.3 is 6.09 Å². The highest BCUT2D eigenvalue weighted by Gasteiger charge is 2.28. The molecule has 1 saturated carbocycles. The number of alkyl carbamates (subject to hydrolysis) is 1. The van der Waals surface area contributed by atoms with Gasteiger partial charge in [0.15, 0.2) is 5.96 Å². The Morgan fingerprint density at radius 3 is 2.33 bits per heavy atom. The average Bonchev–Trinajstić information content (AvgIpc) is 3.40. The van der Waals surface area contributed by atoms with Crippen LogP contribution < -0.4 is 21.3 Å². The average molecular weight is 497 g/mol. The van der Waals surface area contributed by atoms with Crippen LogP contribution in [0.25, 0.3) is 0 Å². The van der Waals surface area contributed by atoms with Crippen molar-refractivity contribution in [2.24, 2.45) is 16.8 Å². The predicted molar refractivity (Wildman–Crippen MR) is 119 cm³/mol. The van der Waals surface area contributed by atoms with Gasteiger partial charge < -0.3 is 26.0 Å². The molecule has 0 radical (unpaired) electrons. The Balaban J connectivity index is 0.00000676. The van der Waals surface area contributed by atoms with E-state index in [0.29, 0.717) is 38.1 Å². The van der Waals surface area contributed by atoms with Crippen LogP contribution in [-0.2, 0) is 9.53 Å². The molecule has 27 heavy (non-hydrogen) atoms. The monoisotopic (exact) mass is 497 g/mol. The van der Waals surface area contributed by atoms with Gasteiger partial charge in [-0.3, -0.25) is 9.79 Å². The number of nitrogens with one attached hydrogen (secondary N) is 4. The second kappa shape index (κ2) is 14.8. The van der Waals surface area contributed by atoms with Crippen molar-refractivity contribution in [3.8, 4) is 0 Å². The lowest BCUT2D eigenvalue weighted by atomic mass is 10.0. The maximum Gasteiger partial charge on any atom is 0.407 e. The summed E-state index contributed by atoms with van der Waals surface area (Å²) in [4.78, 5) is 27.9. The molecule has 1 unspecified atom stereocenters. The first kappa shape index (κ1) is 25.7. The second-order valence-corrected chi connectivity index (χ2v) is 6.90. The first-order valence-corrected chi connectivity index (χ1v) is 9.69. The quantitative estimate of drug-likeness (QED) is 0.151. The van der Waals surface area contributed by atoms with E-state index in [9.17, 15) is 9.59 Å². The molecule has 0 saturated heterocycles. The van der Waals surface area contributed by atoms with E-state index in [0.717, 1.165) is 25.8 Å². The van der Waals surface area contributed by atoms with Crippen LogP contribution in [-0.4, -0.2) is 56.8 Å². The lowest BCUT2D eigenvalue weighted by Crippen LogP contribution is -2.43. The summed E-state index contributed by atoms with van der Waals surface area (Å²) in [5, 5.41) is 12.2. The Labute approximate surface area is 180 Å². The number of guanidine groups is 1. The second-order valence-electron chi connectivity index (χ2n) is 6.90. The SMILES string of the molecule is CCNC(=NCC(CC(C)C)NC(=O)OCC)NCCNC(=O)C1CC1.I. The number of hydrogen-bond acceptors (Lipinski definition) is 4. The summed E-state index contributed by atoms with van der Waals surface area (Å²) in [6, 6.07) is -0.0842. The molecular weight excluding hydrogens is 461 g/mol. The molecule has 9 heteroatoms. The van der Waals surface area contributed by atoms with E-state index in [1.54, 1.807) is 6.92 Å². The molecule has 158 valence electrons. The molecule has 8 nitrogen and oxygen atoms in total. The smallest absolute Gasteiger partial charge is 0.407 e. The van der Waals surface area contributed by atoms with Crippen LogP contribution in [0.1, 0.15) is 47.0 Å². The van der Waals surface area contributed by atoms with E-state index in [1.807, 2.05) is 6.92 Å². The number of nitrogens with zero attached hydrogens (tertiary/aromatic N) is 1. The third-order valence-corrected chi connectivity index (χ3v) is 3.83. The van der Waals surface area contributed by atoms with E-state index in [2.05, 4.69) is 40.1 Å². The zero-order valence-electron chi connectivity index (χ0n) is 17.0. The minimum atomic E-state index is -0.408. The first-order chi connectivity index (χ1) is 12.5. The van der Waals surface area contributed by atoms with Gasteiger partial charge in [0.2, 0.25) is 5.91 Å². The molecule has 1 rings (SSSR count). The Bertz CT molecular complexity index is 470. The van der Waals surface area contributed by atoms with Gasteiger partial charge in [-0.05, 0) is 39.0 Å². The van der Waals surface area contributed by atoms with Crippen LogP contribution >= 0.6 is 24.0 Å². The largest absolute Gasteiger partial charge is 0.450 e. The molecule has 1 aliphatic rings. The van der Waals surface area contributed by atoms with Gasteiger partial charge in [0.25, 0.3) is 0 Å². The number of halogens is 1. The van der Waals surface area contributed by atoms with Crippen molar-refractivity contribution in [2.45, 2.75) is 53.0 Å². The van der Waals surface area contributed by atoms with Crippen molar-refractivity contribution in [1.29, 1.82) is 0 Å². The Kier molecular flexibility index (Phi) is 14.1. The standard InChI is InChI=1S/C18H35N5O3.HI/c1-5-19-17(21-10-9-20-16(24)14-7-8-14)22-12-15(11-13(3)4)23-18(25)26-6-2;/h13-15H,5-12H2,1-4H3,(H,20,24)(H,23,25)(H2,19,21,22);1H. The fraction of sp³-hybridized carbons (Fsp3) is 0.833. The number of carbonyl (C=O) groups is 2. The molecule has 1 fully saturated rings. The van der Waals surface area contributed by atoms with E-state index in [-0.39, 0.29) is 41.8 Å². The molecule has 1 aliphatic carbocycles. The molecule has 0 aromatic rings. The number of ether oxygens (including phenoxy) is 1. The van der Waals surface area contributed by atoms with Gasteiger partial charge in [-0.25, -0.2) is 4.79 Å². The third-order valence-electron chi connectivity index (χ3n) is 3.83. The third kappa shape index (κ3) is 12.7. The zero-order chi connectivity index (χ0) is 19.4. The van der Waals surface area contributed by atoms with Gasteiger partial charge in [0, 0.05) is 25.6 Å². The molecule has 2 amide bonds. The van der Waals surface area contributed by atoms with Crippen LogP contribution in [0.4, 0.5) is 4.79 Å². The maximum absolute atomic E-state index is 11.7. The van der Waals surface area contributed by atoms with Gasteiger partial charge in [-0.2, -0.15) is 0 Å². The number of hydrogen-bond donors (Lipinski definition) is 4. The number of amides is 2. The fourth-order valence-corrected chi connectivity index (χ4v) is 2.49. The maximum atomic E-state index is 11.7. The minimum Gasteiger partial charge on any atom is -0.450 e. The van der Waals surface area contributed by atoms with Crippen LogP contribution in [0.2, 0.25) is 0 Å². The van der Waals surface area contributed by atoms with Crippen molar-refractivity contribution in [3.05, 3.63) is 0 Å². The molecule has 0 bridgehead atoms. The number of rotatable bonds is 11. The number of aliphatic imine (C=N–C) groups is 1. The molecule has 1 atom stereocenters. The highest BCUT2D eigenvalue weighted by Crippen LogP contribution is 2.28. The van der Waals surface area contributed by atoms with Crippen LogP contribution in [0.15, 0.2) is 4.99 Å². The van der Waals surface area contributed by atoms with Crippen LogP contribution in [0.5, 0.6) is 0 Å². The summed E-state index contributed by atoms with van der Waals surface area (Å²) in [7, 11) is 0. The molecular formula is C18H36IN5O3. The normalized spacial score (nSPS) is 14.8. The van der Waals surface area contributed by atoms with E-state index in [4.69, 9.17) is 4.74 Å². The van der Waals surface area contributed by atoms with E-state index >= 15 is 0 Å². The van der Waals surface area contributed by atoms with Gasteiger partial charge in [0.05, 0.1) is 19.2 Å². The lowest BCUT2D eigenvalue weighted by Gasteiger charge is -2.19. The summed E-state index contributed by atoms with van der Waals surface area (Å²) in [6.45, 7) is 10.7. The summed E-state index contributed by atoms with van der Waals surface area (Å²) < 4.78 is 4.96. The van der Waals surface area contributed by atoms with E-state index < -0.39 is 6.09 Å². The van der Waals surface area contributed by atoms with Crippen molar-refractivity contribution < 1.29 is 14.3 Å². The molecule has 0 aromatic heterocycles. The molecule has 0 heterocycles. The zero-order valence-corrected chi connectivity index (χ0v) is 19.3. The summed E-state index contributed by atoms with van der Waals surface area (Å²) in [5.74, 6) is 1.48. The Morgan fingerprint density at radius 2 is 1.78 bits per heavy atom. The van der Waals surface area contributed by atoms with Crippen molar-refractivity contribution in [3.63, 3.8) is 0 Å². The van der Waals surface area contributed by atoms with Crippen molar-refractivity contribution in [2.75, 3.05) is 32.8 Å². The highest BCUT2D eigenvalue weighted by molar-refractivity contribution is 14.0. The molecule has 0 spiro atoms. The van der Waals surface area contributed by atoms with Crippen molar-refractivity contribution >= 4 is 41.9 Å². The highest BCUT2D eigenvalue weighted by atomic mass is 127. The van der Waals surface area contributed by atoms with Gasteiger partial charge in [0.1, 0.15) is 0 Å². The van der Waals surface area contributed by atoms with Gasteiger partial charge in [-0.15, -0.1) is 24.0 Å². The van der Waals surface area contributed by atoms with Crippen molar-refractivity contribution in [1.82, 2.24) is 21.3 Å². The summed E-state index contributed by atoms with van der Waals surface area (Å²) in [6.07, 6.45) is 2.43. The topological polar surface area (TPSA) is 104 Å². The minimum absolute atomic E-state index is 0. The van der Waals surface area contributed by atoms with Crippen LogP contribution in [0, 0.1) is 11.8 Å². The Hall–Kier alpha value is -1.26. The predicted octanol–water partition coefficient (Wildman–Crippen LogP) is 1.85. The summed E-state index contributed by atoms with van der Waals surface area (Å²) >= 11 is 0.